The second kappa shape index (κ2) is 11.8. The fourth-order valence-corrected chi connectivity index (χ4v) is 5.30. The van der Waals surface area contributed by atoms with Gasteiger partial charge in [-0.05, 0) is 66.3 Å². The molecular formula is C30H30ClFN6O3. The molecule has 11 heteroatoms. The van der Waals surface area contributed by atoms with Gasteiger partial charge in [-0.2, -0.15) is 5.26 Å². The molecule has 5 N–H and O–H groups in total. The molecule has 1 aliphatic carbocycles. The van der Waals surface area contributed by atoms with Crippen molar-refractivity contribution in [3.63, 3.8) is 0 Å². The van der Waals surface area contributed by atoms with Gasteiger partial charge in [0.25, 0.3) is 0 Å². The van der Waals surface area contributed by atoms with Gasteiger partial charge in [0, 0.05) is 19.2 Å². The van der Waals surface area contributed by atoms with Gasteiger partial charge in [0.1, 0.15) is 17.7 Å². The number of hydrogen-bond donors (Lipinski definition) is 4. The summed E-state index contributed by atoms with van der Waals surface area (Å²) in [6, 6.07) is 14.9. The summed E-state index contributed by atoms with van der Waals surface area (Å²) in [4.78, 5) is 31.5. The molecule has 9 nitrogen and oxygen atoms in total. The van der Waals surface area contributed by atoms with E-state index in [0.717, 1.165) is 24.8 Å². The zero-order valence-electron chi connectivity index (χ0n) is 22.2. The summed E-state index contributed by atoms with van der Waals surface area (Å²) in [6.07, 6.45) is 4.16. The molecular weight excluding hydrogens is 547 g/mol. The molecule has 3 amide bonds. The zero-order valence-corrected chi connectivity index (χ0v) is 22.9. The topological polar surface area (TPSA) is 144 Å². The van der Waals surface area contributed by atoms with Gasteiger partial charge in [0.2, 0.25) is 5.91 Å². The number of pyridine rings is 1. The van der Waals surface area contributed by atoms with Crippen LogP contribution in [0.25, 0.3) is 0 Å². The quantitative estimate of drug-likeness (QED) is 0.305. The fraction of sp³-hybridized carbons (Fsp3) is 0.333. The van der Waals surface area contributed by atoms with E-state index in [4.69, 9.17) is 17.3 Å². The highest BCUT2D eigenvalue weighted by Gasteiger charge is 2.40. The van der Waals surface area contributed by atoms with Crippen molar-refractivity contribution in [2.45, 2.75) is 49.8 Å². The largest absolute Gasteiger partial charge is 0.391 e. The number of nitrogens with two attached hydrogens (primary N) is 1. The number of likely N-dealkylation sites (tertiary alicyclic amines) is 1. The highest BCUT2D eigenvalue weighted by molar-refractivity contribution is 6.30. The number of carbonyl (C=O) groups is 2. The highest BCUT2D eigenvalue weighted by atomic mass is 35.5. The second-order valence-corrected chi connectivity index (χ2v) is 11.1. The third-order valence-electron chi connectivity index (χ3n) is 7.69. The molecule has 1 aromatic heterocycles. The Hall–Kier alpha value is -4.04. The smallest absolute Gasteiger partial charge is 0.323 e. The molecule has 1 saturated heterocycles. The van der Waals surface area contributed by atoms with Gasteiger partial charge < -0.3 is 21.1 Å². The van der Waals surface area contributed by atoms with E-state index in [-0.39, 0.29) is 24.5 Å². The van der Waals surface area contributed by atoms with E-state index < -0.39 is 35.4 Å². The molecule has 0 bridgehead atoms. The van der Waals surface area contributed by atoms with Crippen LogP contribution in [0, 0.1) is 23.1 Å². The van der Waals surface area contributed by atoms with Gasteiger partial charge >= 0.3 is 6.03 Å². The first-order valence-corrected chi connectivity index (χ1v) is 13.8. The lowest BCUT2D eigenvalue weighted by molar-refractivity contribution is -0.119. The summed E-state index contributed by atoms with van der Waals surface area (Å²) >= 11 is 5.85. The fourth-order valence-electron chi connectivity index (χ4n) is 5.19. The summed E-state index contributed by atoms with van der Waals surface area (Å²) in [7, 11) is 0. The van der Waals surface area contributed by atoms with Gasteiger partial charge in [0.05, 0.1) is 34.0 Å². The summed E-state index contributed by atoms with van der Waals surface area (Å²) in [5.41, 5.74) is 7.67. The lowest BCUT2D eigenvalue weighted by atomic mass is 9.79. The monoisotopic (exact) mass is 576 g/mol. The van der Waals surface area contributed by atoms with Crippen molar-refractivity contribution >= 4 is 35.0 Å². The number of hydrogen-bond acceptors (Lipinski definition) is 6. The summed E-state index contributed by atoms with van der Waals surface area (Å²) < 4.78 is 15.0. The minimum Gasteiger partial charge on any atom is -0.391 e. The second-order valence-electron chi connectivity index (χ2n) is 10.7. The first-order chi connectivity index (χ1) is 19.7. The van der Waals surface area contributed by atoms with Crippen LogP contribution in [0.4, 0.5) is 20.7 Å². The normalized spacial score (nSPS) is 19.7. The van der Waals surface area contributed by atoms with Crippen LogP contribution >= 0.6 is 11.6 Å². The van der Waals surface area contributed by atoms with Crippen LogP contribution in [0.3, 0.4) is 0 Å². The molecule has 1 unspecified atom stereocenters. The van der Waals surface area contributed by atoms with Crippen LogP contribution in [0.2, 0.25) is 5.02 Å². The maximum absolute atomic E-state index is 15.0. The van der Waals surface area contributed by atoms with Crippen LogP contribution in [-0.4, -0.2) is 45.6 Å². The minimum atomic E-state index is -1.05. The van der Waals surface area contributed by atoms with Crippen LogP contribution in [-0.2, 0) is 10.3 Å². The molecule has 2 fully saturated rings. The Morgan fingerprint density at radius 3 is 2.66 bits per heavy atom. The summed E-state index contributed by atoms with van der Waals surface area (Å²) in [5.74, 6) is -0.503. The van der Waals surface area contributed by atoms with Gasteiger partial charge in [-0.1, -0.05) is 42.6 Å². The van der Waals surface area contributed by atoms with Gasteiger partial charge in [-0.3, -0.25) is 10.1 Å². The number of aromatic nitrogens is 1. The van der Waals surface area contributed by atoms with Crippen LogP contribution in [0.5, 0.6) is 0 Å². The first kappa shape index (κ1) is 28.5. The number of benzene rings is 2. The summed E-state index contributed by atoms with van der Waals surface area (Å²) in [5, 5.41) is 25.3. The Kier molecular flexibility index (Phi) is 8.22. The molecule has 2 aromatic carbocycles. The average molecular weight is 577 g/mol. The van der Waals surface area contributed by atoms with Gasteiger partial charge in [0.15, 0.2) is 0 Å². The van der Waals surface area contributed by atoms with Crippen LogP contribution in [0.15, 0.2) is 60.8 Å². The third kappa shape index (κ3) is 6.49. The van der Waals surface area contributed by atoms with E-state index >= 15 is 4.39 Å². The number of aliphatic hydroxyl groups excluding tert-OH is 1. The van der Waals surface area contributed by atoms with Gasteiger partial charge in [-0.25, -0.2) is 14.2 Å². The number of anilines is 2. The Labute approximate surface area is 242 Å². The van der Waals surface area contributed by atoms with Crippen LogP contribution < -0.4 is 16.4 Å². The SMILES string of the molecule is N#Cc1cccc(C(N)(CCC2CC2)c2ccc(F)c(NC(=O)[C@H]3C[C@@H](O)CN3C(=O)Nc3ccc(Cl)cn3)c2)c1. The van der Waals surface area contributed by atoms with Crippen molar-refractivity contribution < 1.29 is 19.1 Å². The highest BCUT2D eigenvalue weighted by Crippen LogP contribution is 2.40. The zero-order chi connectivity index (χ0) is 29.1. The number of rotatable bonds is 8. The number of amides is 3. The lowest BCUT2D eigenvalue weighted by Gasteiger charge is -2.32. The number of β-amino-alcohol motifs (C(OH)–C–C–N with tert-alkyl or cyclic N) is 1. The van der Waals surface area contributed by atoms with Crippen molar-refractivity contribution in [3.8, 4) is 6.07 Å². The Morgan fingerprint density at radius 1 is 1.17 bits per heavy atom. The van der Waals surface area contributed by atoms with E-state index in [1.54, 1.807) is 30.3 Å². The van der Waals surface area contributed by atoms with Crippen LogP contribution in [0.1, 0.15) is 48.8 Å². The molecule has 2 aliphatic rings. The number of nitriles is 1. The molecule has 5 rings (SSSR count). The van der Waals surface area contributed by atoms with Gasteiger partial charge in [-0.15, -0.1) is 0 Å². The lowest BCUT2D eigenvalue weighted by Crippen LogP contribution is -2.45. The maximum atomic E-state index is 15.0. The van der Waals surface area contributed by atoms with Crippen molar-refractivity contribution in [3.05, 3.63) is 88.3 Å². The van der Waals surface area contributed by atoms with Crippen molar-refractivity contribution in [1.82, 2.24) is 9.88 Å². The standard InChI is InChI=1S/C30H30ClFN6O3/c31-22-7-9-27(35-16-22)37-29(41)38-17-23(39)14-26(38)28(40)36-25-13-21(6-8-24(25)32)30(34,11-10-18-4-5-18)20-3-1-2-19(12-20)15-33/h1-3,6-9,12-13,16,18,23,26,39H,4-5,10-11,14,17,34H2,(H,36,40)(H,35,37,41)/t23-,26-,30?/m1/s1. The molecule has 1 saturated carbocycles. The Balaban J connectivity index is 1.38. The van der Waals surface area contributed by atoms with Crippen molar-refractivity contribution in [1.29, 1.82) is 5.26 Å². The molecule has 41 heavy (non-hydrogen) atoms. The molecule has 1 aliphatic heterocycles. The Morgan fingerprint density at radius 2 is 1.95 bits per heavy atom. The van der Waals surface area contributed by atoms with E-state index in [2.05, 4.69) is 21.7 Å². The predicted molar refractivity (Wildman–Crippen MR) is 152 cm³/mol. The molecule has 3 aromatic rings. The number of carbonyl (C=O) groups excluding carboxylic acids is 2. The number of aliphatic hydroxyl groups is 1. The predicted octanol–water partition coefficient (Wildman–Crippen LogP) is 4.74. The Bertz CT molecular complexity index is 1490. The summed E-state index contributed by atoms with van der Waals surface area (Å²) in [6.45, 7) is -0.0810. The maximum Gasteiger partial charge on any atom is 0.323 e. The minimum absolute atomic E-state index is 0.0161. The molecule has 0 spiro atoms. The van der Waals surface area contributed by atoms with E-state index in [1.807, 2.05) is 6.07 Å². The molecule has 2 heterocycles. The molecule has 212 valence electrons. The third-order valence-corrected chi connectivity index (χ3v) is 7.92. The number of nitrogens with one attached hydrogen (secondary N) is 2. The van der Waals surface area contributed by atoms with E-state index in [9.17, 15) is 20.0 Å². The number of halogens is 2. The van der Waals surface area contributed by atoms with E-state index in [0.29, 0.717) is 28.5 Å². The van der Waals surface area contributed by atoms with E-state index in [1.165, 1.54) is 29.3 Å². The number of nitrogens with zero attached hydrogens (tertiary/aromatic N) is 3. The average Bonchev–Trinajstić information content (AvgIpc) is 3.72. The van der Waals surface area contributed by atoms with Crippen molar-refractivity contribution in [2.24, 2.45) is 11.7 Å². The molecule has 0 radical (unpaired) electrons. The first-order valence-electron chi connectivity index (χ1n) is 13.4. The number of urea groups is 1. The van der Waals surface area contributed by atoms with Crippen molar-refractivity contribution in [2.75, 3.05) is 17.2 Å². The molecule has 3 atom stereocenters.